The van der Waals surface area contributed by atoms with Crippen LogP contribution in [0.5, 0.6) is 0 Å². The highest BCUT2D eigenvalue weighted by Gasteiger charge is 2.26. The van der Waals surface area contributed by atoms with Gasteiger partial charge in [-0.05, 0) is 26.7 Å². The van der Waals surface area contributed by atoms with Crippen LogP contribution in [0, 0.1) is 0 Å². The second-order valence-corrected chi connectivity index (χ2v) is 7.23. The molecule has 1 amide bonds. The molecule has 0 fully saturated rings. The first-order chi connectivity index (χ1) is 9.70. The maximum absolute atomic E-state index is 11.8. The van der Waals surface area contributed by atoms with Crippen LogP contribution in [0.15, 0.2) is 0 Å². The van der Waals surface area contributed by atoms with Crippen molar-refractivity contribution in [3.05, 3.63) is 0 Å². The van der Waals surface area contributed by atoms with Gasteiger partial charge in [-0.1, -0.05) is 13.8 Å². The molecule has 0 aliphatic heterocycles. The van der Waals surface area contributed by atoms with Crippen molar-refractivity contribution in [3.63, 3.8) is 0 Å². The molecule has 21 heavy (non-hydrogen) atoms. The molecule has 0 aromatic carbocycles. The van der Waals surface area contributed by atoms with Crippen molar-refractivity contribution < 1.29 is 17.9 Å². The number of hydrogen-bond acceptors (Lipinski definition) is 5. The Morgan fingerprint density at radius 1 is 1.29 bits per heavy atom. The molecular weight excluding hydrogens is 294 g/mol. The molecule has 0 aromatic rings. The van der Waals surface area contributed by atoms with E-state index in [2.05, 4.69) is 10.0 Å². The molecule has 4 N–H and O–H groups in total. The molecule has 0 aromatic heterocycles. The summed E-state index contributed by atoms with van der Waals surface area (Å²) in [5.41, 5.74) is 5.21. The van der Waals surface area contributed by atoms with Gasteiger partial charge in [-0.25, -0.2) is 13.1 Å². The monoisotopic (exact) mass is 323 g/mol. The number of carbonyl (C=O) groups excluding carboxylic acids is 1. The molecule has 0 saturated carbocycles. The molecule has 0 rings (SSSR count). The Morgan fingerprint density at radius 2 is 1.86 bits per heavy atom. The zero-order valence-corrected chi connectivity index (χ0v) is 14.3. The first-order valence-electron chi connectivity index (χ1n) is 7.30. The van der Waals surface area contributed by atoms with Crippen LogP contribution >= 0.6 is 0 Å². The van der Waals surface area contributed by atoms with Gasteiger partial charge in [0.2, 0.25) is 15.9 Å². The molecule has 0 saturated heterocycles. The highest BCUT2D eigenvalue weighted by atomic mass is 32.2. The van der Waals surface area contributed by atoms with Crippen LogP contribution in [-0.2, 0) is 19.6 Å². The molecule has 0 bridgehead atoms. The van der Waals surface area contributed by atoms with Crippen molar-refractivity contribution in [3.8, 4) is 0 Å². The Morgan fingerprint density at radius 3 is 2.29 bits per heavy atom. The Hall–Kier alpha value is -0.700. The summed E-state index contributed by atoms with van der Waals surface area (Å²) in [5, 5.41) is 2.80. The lowest BCUT2D eigenvalue weighted by Gasteiger charge is -2.31. The number of nitrogens with one attached hydrogen (secondary N) is 2. The van der Waals surface area contributed by atoms with E-state index in [-0.39, 0.29) is 30.9 Å². The Kier molecular flexibility index (Phi) is 9.03. The Labute approximate surface area is 128 Å². The van der Waals surface area contributed by atoms with Gasteiger partial charge in [0, 0.05) is 6.54 Å². The minimum absolute atomic E-state index is 0.0252. The van der Waals surface area contributed by atoms with Crippen LogP contribution in [0.2, 0.25) is 0 Å². The van der Waals surface area contributed by atoms with Crippen LogP contribution in [0.4, 0.5) is 0 Å². The maximum Gasteiger partial charge on any atom is 0.235 e. The zero-order chi connectivity index (χ0) is 16.5. The van der Waals surface area contributed by atoms with E-state index >= 15 is 0 Å². The fraction of sp³-hybridized carbons (Fsp3) is 0.923. The molecule has 0 atom stereocenters. The van der Waals surface area contributed by atoms with Crippen LogP contribution in [0.1, 0.15) is 40.5 Å². The lowest BCUT2D eigenvalue weighted by molar-refractivity contribution is -0.121. The molecule has 7 nitrogen and oxygen atoms in total. The number of rotatable bonds is 11. The third-order valence-corrected chi connectivity index (χ3v) is 4.69. The molecule has 0 spiro atoms. The molecule has 0 unspecified atom stereocenters. The summed E-state index contributed by atoms with van der Waals surface area (Å²) in [4.78, 5) is 11.8. The van der Waals surface area contributed by atoms with E-state index in [1.807, 2.05) is 27.7 Å². The quantitative estimate of drug-likeness (QED) is 0.494. The van der Waals surface area contributed by atoms with E-state index < -0.39 is 15.6 Å². The highest BCUT2D eigenvalue weighted by Crippen LogP contribution is 2.12. The van der Waals surface area contributed by atoms with Crippen molar-refractivity contribution in [2.24, 2.45) is 5.73 Å². The first kappa shape index (κ1) is 20.3. The number of sulfonamides is 1. The normalized spacial score (nSPS) is 12.7. The predicted molar refractivity (Wildman–Crippen MR) is 83.4 cm³/mol. The molecular formula is C13H29N3O4S. The second-order valence-electron chi connectivity index (χ2n) is 5.30. The maximum atomic E-state index is 11.8. The van der Waals surface area contributed by atoms with Crippen LogP contribution in [0.25, 0.3) is 0 Å². The number of carbonyl (C=O) groups is 1. The van der Waals surface area contributed by atoms with Crippen LogP contribution in [0.3, 0.4) is 0 Å². The highest BCUT2D eigenvalue weighted by molar-refractivity contribution is 7.89. The van der Waals surface area contributed by atoms with E-state index in [0.29, 0.717) is 19.4 Å². The molecule has 0 heterocycles. The molecule has 0 aliphatic carbocycles. The van der Waals surface area contributed by atoms with Gasteiger partial charge in [-0.2, -0.15) is 0 Å². The van der Waals surface area contributed by atoms with Gasteiger partial charge in [-0.15, -0.1) is 0 Å². The fourth-order valence-electron chi connectivity index (χ4n) is 1.75. The van der Waals surface area contributed by atoms with E-state index in [1.54, 1.807) is 0 Å². The zero-order valence-electron chi connectivity index (χ0n) is 13.4. The number of nitrogens with two attached hydrogens (primary N) is 1. The van der Waals surface area contributed by atoms with Crippen LogP contribution in [-0.4, -0.2) is 51.4 Å². The Bertz CT molecular complexity index is 397. The van der Waals surface area contributed by atoms with Crippen molar-refractivity contribution in [2.75, 3.05) is 25.4 Å². The van der Waals surface area contributed by atoms with Crippen molar-refractivity contribution in [1.82, 2.24) is 10.0 Å². The average Bonchev–Trinajstić information content (AvgIpc) is 2.42. The second kappa shape index (κ2) is 9.34. The Balaban J connectivity index is 4.29. The molecule has 0 aliphatic rings. The van der Waals surface area contributed by atoms with Gasteiger partial charge < -0.3 is 15.8 Å². The lowest BCUT2D eigenvalue weighted by Crippen LogP contribution is -2.55. The molecule has 8 heteroatoms. The smallest absolute Gasteiger partial charge is 0.235 e. The van der Waals surface area contributed by atoms with Gasteiger partial charge in [0.05, 0.1) is 30.5 Å². The summed E-state index contributed by atoms with van der Waals surface area (Å²) in [6, 6.07) is 0. The summed E-state index contributed by atoms with van der Waals surface area (Å²) in [6.07, 6.45) is 1.37. The van der Waals surface area contributed by atoms with Gasteiger partial charge in [-0.3, -0.25) is 4.79 Å². The third-order valence-electron chi connectivity index (χ3n) is 3.40. The summed E-state index contributed by atoms with van der Waals surface area (Å²) >= 11 is 0. The standard InChI is InChI=1S/C13H29N3O4S/c1-5-13(6-2,10-14)16-12(17)9-15-21(18,19)8-7-20-11(3)4/h11,15H,5-10,14H2,1-4H3,(H,16,17). The molecule has 0 radical (unpaired) electrons. The van der Waals surface area contributed by atoms with E-state index in [9.17, 15) is 13.2 Å². The van der Waals surface area contributed by atoms with Crippen LogP contribution < -0.4 is 15.8 Å². The van der Waals surface area contributed by atoms with Gasteiger partial charge in [0.1, 0.15) is 0 Å². The number of ether oxygens (including phenoxy) is 1. The molecule has 126 valence electrons. The van der Waals surface area contributed by atoms with E-state index in [4.69, 9.17) is 10.5 Å². The summed E-state index contributed by atoms with van der Waals surface area (Å²) < 4.78 is 30.8. The van der Waals surface area contributed by atoms with E-state index in [1.165, 1.54) is 0 Å². The minimum Gasteiger partial charge on any atom is -0.378 e. The fourth-order valence-corrected chi connectivity index (χ4v) is 2.56. The largest absolute Gasteiger partial charge is 0.378 e. The SMILES string of the molecule is CCC(CC)(CN)NC(=O)CNS(=O)(=O)CCOC(C)C. The van der Waals surface area contributed by atoms with Crippen molar-refractivity contribution in [1.29, 1.82) is 0 Å². The number of hydrogen-bond donors (Lipinski definition) is 3. The topological polar surface area (TPSA) is 111 Å². The minimum atomic E-state index is -3.52. The summed E-state index contributed by atoms with van der Waals surface area (Å²) in [5.74, 6) is -0.542. The van der Waals surface area contributed by atoms with Crippen molar-refractivity contribution >= 4 is 15.9 Å². The predicted octanol–water partition coefficient (Wildman–Crippen LogP) is -0.0355. The average molecular weight is 323 g/mol. The number of amides is 1. The summed E-state index contributed by atoms with van der Waals surface area (Å²) in [7, 11) is -3.52. The third kappa shape index (κ3) is 8.35. The van der Waals surface area contributed by atoms with Gasteiger partial charge in [0.15, 0.2) is 0 Å². The van der Waals surface area contributed by atoms with Gasteiger partial charge >= 0.3 is 0 Å². The van der Waals surface area contributed by atoms with E-state index in [0.717, 1.165) is 0 Å². The first-order valence-corrected chi connectivity index (χ1v) is 8.95. The summed E-state index contributed by atoms with van der Waals surface area (Å²) in [6.45, 7) is 7.66. The van der Waals surface area contributed by atoms with Gasteiger partial charge in [0.25, 0.3) is 0 Å². The lowest BCUT2D eigenvalue weighted by atomic mass is 9.93. The van der Waals surface area contributed by atoms with Crippen molar-refractivity contribution in [2.45, 2.75) is 52.2 Å².